The zero-order chi connectivity index (χ0) is 21.7. The number of fused-ring (bicyclic) bond motifs is 1. The van der Waals surface area contributed by atoms with Crippen molar-refractivity contribution in [2.24, 2.45) is 0 Å². The summed E-state index contributed by atoms with van der Waals surface area (Å²) in [6.07, 6.45) is 2.41. The fraction of sp³-hybridized carbons (Fsp3) is 0.417. The van der Waals surface area contributed by atoms with Gasteiger partial charge in [0.05, 0.1) is 12.7 Å². The monoisotopic (exact) mass is 397 g/mol. The highest BCUT2D eigenvalue weighted by Gasteiger charge is 2.29. The van der Waals surface area contributed by atoms with E-state index in [0.29, 0.717) is 16.9 Å². The summed E-state index contributed by atoms with van der Waals surface area (Å²) >= 11 is 0. The van der Waals surface area contributed by atoms with Crippen LogP contribution in [0, 0.1) is 0 Å². The van der Waals surface area contributed by atoms with E-state index < -0.39 is 12.1 Å². The summed E-state index contributed by atoms with van der Waals surface area (Å²) in [6, 6.07) is 9.51. The number of allylic oxidation sites excluding steroid dienone is 1. The Hall–Kier alpha value is -2.82. The van der Waals surface area contributed by atoms with Crippen molar-refractivity contribution in [3.63, 3.8) is 0 Å². The molecule has 156 valence electrons. The molecular formula is C24H31NO4. The van der Waals surface area contributed by atoms with Gasteiger partial charge in [-0.05, 0) is 53.0 Å². The molecule has 29 heavy (non-hydrogen) atoms. The summed E-state index contributed by atoms with van der Waals surface area (Å²) in [6.45, 7) is 11.5. The largest absolute Gasteiger partial charge is 0.496 e. The Kier molecular flexibility index (Phi) is 7.43. The molecule has 0 heterocycles. The molecule has 2 aromatic rings. The van der Waals surface area contributed by atoms with Gasteiger partial charge in [-0.2, -0.15) is 0 Å². The third kappa shape index (κ3) is 4.78. The van der Waals surface area contributed by atoms with E-state index in [1.807, 2.05) is 62.9 Å². The highest BCUT2D eigenvalue weighted by Crippen LogP contribution is 2.36. The summed E-state index contributed by atoms with van der Waals surface area (Å²) in [5, 5.41) is 1.63. The zero-order valence-electron chi connectivity index (χ0n) is 18.4. The van der Waals surface area contributed by atoms with Gasteiger partial charge < -0.3 is 14.4 Å². The van der Waals surface area contributed by atoms with E-state index in [0.717, 1.165) is 10.8 Å². The summed E-state index contributed by atoms with van der Waals surface area (Å²) in [7, 11) is 1.59. The van der Waals surface area contributed by atoms with Crippen LogP contribution in [-0.4, -0.2) is 36.0 Å². The average molecular weight is 398 g/mol. The second-order valence-corrected chi connectivity index (χ2v) is 7.57. The van der Waals surface area contributed by atoms with Crippen LogP contribution in [0.15, 0.2) is 42.5 Å². The van der Waals surface area contributed by atoms with Gasteiger partial charge in [0.25, 0.3) is 5.91 Å². The average Bonchev–Trinajstić information content (AvgIpc) is 2.65. The number of hydrogen-bond acceptors (Lipinski definition) is 4. The quantitative estimate of drug-likeness (QED) is 0.471. The fourth-order valence-electron chi connectivity index (χ4n) is 3.71. The second-order valence-electron chi connectivity index (χ2n) is 7.57. The van der Waals surface area contributed by atoms with Crippen LogP contribution in [0.3, 0.4) is 0 Å². The van der Waals surface area contributed by atoms with Crippen LogP contribution < -0.4 is 4.74 Å². The first kappa shape index (κ1) is 22.5. The van der Waals surface area contributed by atoms with Gasteiger partial charge in [-0.25, -0.2) is 4.79 Å². The number of amides is 1. The molecule has 0 fully saturated rings. The third-order valence-corrected chi connectivity index (χ3v) is 4.85. The number of benzene rings is 2. The van der Waals surface area contributed by atoms with Gasteiger partial charge in [0.15, 0.2) is 0 Å². The normalized spacial score (nSPS) is 12.6. The van der Waals surface area contributed by atoms with Crippen molar-refractivity contribution in [3.8, 4) is 5.75 Å². The van der Waals surface area contributed by atoms with Crippen LogP contribution in [-0.2, 0) is 9.53 Å². The minimum Gasteiger partial charge on any atom is -0.496 e. The molecule has 0 unspecified atom stereocenters. The Morgan fingerprint density at radius 3 is 2.21 bits per heavy atom. The van der Waals surface area contributed by atoms with E-state index in [1.165, 1.54) is 6.08 Å². The van der Waals surface area contributed by atoms with Gasteiger partial charge in [0.1, 0.15) is 11.9 Å². The van der Waals surface area contributed by atoms with Crippen LogP contribution in [0.1, 0.15) is 63.6 Å². The number of carbonyl (C=O) groups is 2. The molecule has 1 amide bonds. The molecule has 0 N–H and O–H groups in total. The molecule has 0 aromatic heterocycles. The molecule has 0 bridgehead atoms. The maximum Gasteiger partial charge on any atom is 0.331 e. The Labute approximate surface area is 173 Å². The first-order valence-corrected chi connectivity index (χ1v) is 9.98. The van der Waals surface area contributed by atoms with E-state index in [-0.39, 0.29) is 18.0 Å². The van der Waals surface area contributed by atoms with Gasteiger partial charge in [-0.15, -0.1) is 0 Å². The maximum atomic E-state index is 13.8. The summed E-state index contributed by atoms with van der Waals surface area (Å²) < 4.78 is 11.1. The van der Waals surface area contributed by atoms with Crippen LogP contribution in [0.5, 0.6) is 5.75 Å². The Bertz CT molecular complexity index is 906. The number of methoxy groups -OCH3 is 1. The molecule has 0 spiro atoms. The van der Waals surface area contributed by atoms with Crippen molar-refractivity contribution < 1.29 is 19.1 Å². The number of nitrogens with zero attached hydrogens (tertiary/aromatic N) is 1. The molecule has 0 saturated heterocycles. The van der Waals surface area contributed by atoms with Crippen LogP contribution in [0.25, 0.3) is 10.8 Å². The number of hydrogen-bond donors (Lipinski definition) is 0. The van der Waals surface area contributed by atoms with Gasteiger partial charge in [-0.1, -0.05) is 30.3 Å². The zero-order valence-corrected chi connectivity index (χ0v) is 18.4. The van der Waals surface area contributed by atoms with Gasteiger partial charge in [-0.3, -0.25) is 4.79 Å². The predicted octanol–water partition coefficient (Wildman–Crippen LogP) is 5.29. The SMILES string of the molecule is C/C=C/C(=O)O[C@H](C)c1ccc2cccc(OC)c2c1C(=O)N(C(C)C)C(C)C. The number of ether oxygens (including phenoxy) is 2. The summed E-state index contributed by atoms with van der Waals surface area (Å²) in [4.78, 5) is 27.6. The molecule has 0 radical (unpaired) electrons. The van der Waals surface area contributed by atoms with E-state index in [4.69, 9.17) is 9.47 Å². The maximum absolute atomic E-state index is 13.8. The number of carbonyl (C=O) groups excluding carboxylic acids is 2. The first-order chi connectivity index (χ1) is 13.7. The van der Waals surface area contributed by atoms with Gasteiger partial charge in [0, 0.05) is 29.1 Å². The van der Waals surface area contributed by atoms with Crippen LogP contribution in [0.4, 0.5) is 0 Å². The molecule has 2 rings (SSSR count). The molecule has 0 saturated carbocycles. The van der Waals surface area contributed by atoms with Crippen molar-refractivity contribution in [2.45, 2.75) is 59.7 Å². The summed E-state index contributed by atoms with van der Waals surface area (Å²) in [5.74, 6) is 0.0734. The lowest BCUT2D eigenvalue weighted by molar-refractivity contribution is -0.142. The molecule has 0 aliphatic carbocycles. The molecule has 2 aromatic carbocycles. The van der Waals surface area contributed by atoms with E-state index in [2.05, 4.69) is 0 Å². The lowest BCUT2D eigenvalue weighted by atomic mass is 9.93. The standard InChI is InChI=1S/C24H31NO4/c1-8-10-21(26)29-17(6)19-14-13-18-11-9-12-20(28-7)22(18)23(19)24(27)25(15(2)3)16(4)5/h8-17H,1-7H3/b10-8+/t17-/m1/s1. The van der Waals surface area contributed by atoms with Crippen molar-refractivity contribution in [1.29, 1.82) is 0 Å². The first-order valence-electron chi connectivity index (χ1n) is 9.98. The smallest absolute Gasteiger partial charge is 0.331 e. The molecule has 0 aliphatic rings. The van der Waals surface area contributed by atoms with E-state index >= 15 is 0 Å². The van der Waals surface area contributed by atoms with Crippen molar-refractivity contribution >= 4 is 22.6 Å². The van der Waals surface area contributed by atoms with Crippen molar-refractivity contribution in [3.05, 3.63) is 53.6 Å². The molecule has 5 nitrogen and oxygen atoms in total. The van der Waals surface area contributed by atoms with Crippen LogP contribution in [0.2, 0.25) is 0 Å². The Morgan fingerprint density at radius 1 is 1.00 bits per heavy atom. The highest BCUT2D eigenvalue weighted by molar-refractivity contribution is 6.11. The summed E-state index contributed by atoms with van der Waals surface area (Å²) in [5.41, 5.74) is 1.18. The number of esters is 1. The molecule has 5 heteroatoms. The highest BCUT2D eigenvalue weighted by atomic mass is 16.5. The third-order valence-electron chi connectivity index (χ3n) is 4.85. The van der Waals surface area contributed by atoms with Crippen LogP contribution >= 0.6 is 0 Å². The van der Waals surface area contributed by atoms with Gasteiger partial charge in [0.2, 0.25) is 0 Å². The lowest BCUT2D eigenvalue weighted by Gasteiger charge is -2.32. The minimum absolute atomic E-state index is 0.0150. The fourth-order valence-corrected chi connectivity index (χ4v) is 3.71. The Morgan fingerprint density at radius 2 is 1.66 bits per heavy atom. The van der Waals surface area contributed by atoms with Crippen molar-refractivity contribution in [1.82, 2.24) is 4.90 Å². The Balaban J connectivity index is 2.76. The van der Waals surface area contributed by atoms with E-state index in [1.54, 1.807) is 27.0 Å². The van der Waals surface area contributed by atoms with Crippen molar-refractivity contribution in [2.75, 3.05) is 7.11 Å². The topological polar surface area (TPSA) is 55.8 Å². The number of rotatable bonds is 7. The second kappa shape index (κ2) is 9.59. The van der Waals surface area contributed by atoms with E-state index in [9.17, 15) is 9.59 Å². The molecule has 0 aliphatic heterocycles. The predicted molar refractivity (Wildman–Crippen MR) is 116 cm³/mol. The molecular weight excluding hydrogens is 366 g/mol. The van der Waals surface area contributed by atoms with Gasteiger partial charge >= 0.3 is 5.97 Å². The lowest BCUT2D eigenvalue weighted by Crippen LogP contribution is -2.42. The minimum atomic E-state index is -0.590. The molecule has 1 atom stereocenters.